The van der Waals surface area contributed by atoms with E-state index in [1.54, 1.807) is 0 Å². The van der Waals surface area contributed by atoms with E-state index in [0.717, 1.165) is 50.5 Å². The number of aromatic nitrogens is 3. The van der Waals surface area contributed by atoms with E-state index in [4.69, 9.17) is 0 Å². The molecular formula is C74H48N4. The van der Waals surface area contributed by atoms with Gasteiger partial charge in [-0.1, -0.05) is 206 Å². The summed E-state index contributed by atoms with van der Waals surface area (Å²) in [5.74, 6) is 0. The Bertz CT molecular complexity index is 4710. The van der Waals surface area contributed by atoms with Gasteiger partial charge < -0.3 is 18.6 Å². The molecule has 0 unspecified atom stereocenters. The van der Waals surface area contributed by atoms with Crippen LogP contribution in [0.2, 0.25) is 0 Å². The van der Waals surface area contributed by atoms with Crippen molar-refractivity contribution in [3.05, 3.63) is 291 Å². The maximum atomic E-state index is 2.48. The molecule has 0 saturated heterocycles. The highest BCUT2D eigenvalue weighted by Gasteiger charge is 2.23. The smallest absolute Gasteiger partial charge is 0.0547 e. The number of rotatable bonds is 8. The van der Waals surface area contributed by atoms with Crippen molar-refractivity contribution in [2.75, 3.05) is 4.90 Å². The molecule has 4 heteroatoms. The number of hydrogen-bond donors (Lipinski definition) is 0. The molecular weight excluding hydrogens is 945 g/mol. The molecule has 0 fully saturated rings. The summed E-state index contributed by atoms with van der Waals surface area (Å²) in [6.45, 7) is 0. The maximum absolute atomic E-state index is 2.48. The monoisotopic (exact) mass is 992 g/mol. The average molecular weight is 993 g/mol. The molecule has 0 spiro atoms. The summed E-state index contributed by atoms with van der Waals surface area (Å²) in [6, 6.07) is 107. The first kappa shape index (κ1) is 43.9. The van der Waals surface area contributed by atoms with E-state index < -0.39 is 0 Å². The van der Waals surface area contributed by atoms with E-state index >= 15 is 0 Å². The van der Waals surface area contributed by atoms with Crippen LogP contribution in [-0.2, 0) is 0 Å². The third-order valence-electron chi connectivity index (χ3n) is 16.2. The molecule has 3 heterocycles. The molecule has 78 heavy (non-hydrogen) atoms. The minimum Gasteiger partial charge on any atom is -0.309 e. The number of hydrogen-bond acceptors (Lipinski definition) is 1. The van der Waals surface area contributed by atoms with E-state index in [1.165, 1.54) is 92.9 Å². The second kappa shape index (κ2) is 17.6. The van der Waals surface area contributed by atoms with Crippen LogP contribution in [0.15, 0.2) is 291 Å². The molecule has 0 aliphatic carbocycles. The van der Waals surface area contributed by atoms with E-state index in [0.29, 0.717) is 0 Å². The van der Waals surface area contributed by atoms with Crippen molar-refractivity contribution in [2.24, 2.45) is 0 Å². The van der Waals surface area contributed by atoms with Crippen LogP contribution in [0.5, 0.6) is 0 Å². The summed E-state index contributed by atoms with van der Waals surface area (Å²) >= 11 is 0. The highest BCUT2D eigenvalue weighted by atomic mass is 15.1. The van der Waals surface area contributed by atoms with Crippen LogP contribution < -0.4 is 4.90 Å². The van der Waals surface area contributed by atoms with E-state index in [1.807, 2.05) is 0 Å². The second-order valence-corrected chi connectivity index (χ2v) is 20.4. The van der Waals surface area contributed by atoms with Crippen molar-refractivity contribution < 1.29 is 0 Å². The third-order valence-corrected chi connectivity index (χ3v) is 16.2. The Hall–Kier alpha value is -10.4. The summed E-state index contributed by atoms with van der Waals surface area (Å²) in [4.78, 5) is 2.48. The Morgan fingerprint density at radius 3 is 0.962 bits per heavy atom. The minimum atomic E-state index is 1.07. The largest absolute Gasteiger partial charge is 0.309 e. The van der Waals surface area contributed by atoms with Crippen molar-refractivity contribution in [1.82, 2.24) is 13.7 Å². The fourth-order valence-electron chi connectivity index (χ4n) is 12.7. The zero-order valence-corrected chi connectivity index (χ0v) is 42.5. The van der Waals surface area contributed by atoms with Gasteiger partial charge in [-0.25, -0.2) is 0 Å². The van der Waals surface area contributed by atoms with Crippen LogP contribution in [0, 0.1) is 0 Å². The predicted molar refractivity (Wildman–Crippen MR) is 330 cm³/mol. The summed E-state index contributed by atoms with van der Waals surface area (Å²) in [5.41, 5.74) is 18.6. The predicted octanol–water partition coefficient (Wildman–Crippen LogP) is 20.1. The van der Waals surface area contributed by atoms with Gasteiger partial charge in [-0.05, 0) is 107 Å². The molecule has 16 rings (SSSR count). The molecule has 13 aromatic carbocycles. The lowest BCUT2D eigenvalue weighted by atomic mass is 9.98. The first-order valence-corrected chi connectivity index (χ1v) is 26.8. The molecule has 0 bridgehead atoms. The van der Waals surface area contributed by atoms with Gasteiger partial charge in [-0.15, -0.1) is 0 Å². The van der Waals surface area contributed by atoms with Gasteiger partial charge in [0.1, 0.15) is 0 Å². The molecule has 364 valence electrons. The fraction of sp³-hybridized carbons (Fsp3) is 0. The van der Waals surface area contributed by atoms with Crippen LogP contribution in [-0.4, -0.2) is 13.7 Å². The molecule has 0 aliphatic rings. The Kier molecular flexibility index (Phi) is 9.91. The maximum Gasteiger partial charge on any atom is 0.0547 e. The van der Waals surface area contributed by atoms with Crippen molar-refractivity contribution in [3.63, 3.8) is 0 Å². The number of para-hydroxylation sites is 6. The first-order chi connectivity index (χ1) is 38.7. The van der Waals surface area contributed by atoms with Crippen molar-refractivity contribution in [3.8, 4) is 39.3 Å². The molecule has 3 aromatic heterocycles. The van der Waals surface area contributed by atoms with E-state index in [2.05, 4.69) is 310 Å². The standard InChI is InChI=1S/C74H48N4/c1-2-18-53(19-3-1)76-65-29-13-8-28-63(65)64-43-40-52(48-74(64)76)51-36-34-49(35-37-51)50-38-41-54(42-39-50)75(70-44-46-72(61-22-6-4-20-59(61)70)77-66-30-14-9-24-55(66)56-25-10-15-31-67(56)77)71-45-47-73(62-23-7-5-21-60(62)71)78-68-32-16-11-26-57(68)58-27-12-17-33-69(58)78/h1-48H. The highest BCUT2D eigenvalue weighted by molar-refractivity contribution is 6.15. The van der Waals surface area contributed by atoms with Crippen LogP contribution in [0.3, 0.4) is 0 Å². The molecule has 0 aliphatic heterocycles. The van der Waals surface area contributed by atoms with Crippen LogP contribution >= 0.6 is 0 Å². The summed E-state index contributed by atoms with van der Waals surface area (Å²) < 4.78 is 7.28. The van der Waals surface area contributed by atoms with E-state index in [9.17, 15) is 0 Å². The zero-order valence-electron chi connectivity index (χ0n) is 42.5. The van der Waals surface area contributed by atoms with Gasteiger partial charge in [0.2, 0.25) is 0 Å². The number of anilines is 3. The van der Waals surface area contributed by atoms with Gasteiger partial charge in [0.25, 0.3) is 0 Å². The van der Waals surface area contributed by atoms with Crippen LogP contribution in [0.1, 0.15) is 0 Å². The molecule has 0 amide bonds. The topological polar surface area (TPSA) is 18.0 Å². The molecule has 0 N–H and O–H groups in total. The minimum absolute atomic E-state index is 1.07. The Morgan fingerprint density at radius 1 is 0.205 bits per heavy atom. The van der Waals surface area contributed by atoms with Gasteiger partial charge in [-0.3, -0.25) is 0 Å². The number of fused-ring (bicyclic) bond motifs is 11. The third kappa shape index (κ3) is 6.73. The fourth-order valence-corrected chi connectivity index (χ4v) is 12.7. The van der Waals surface area contributed by atoms with Crippen molar-refractivity contribution in [2.45, 2.75) is 0 Å². The Morgan fingerprint density at radius 2 is 0.526 bits per heavy atom. The van der Waals surface area contributed by atoms with E-state index in [-0.39, 0.29) is 0 Å². The molecule has 16 aromatic rings. The highest BCUT2D eigenvalue weighted by Crippen LogP contribution is 2.47. The summed E-state index contributed by atoms with van der Waals surface area (Å²) in [6.07, 6.45) is 0. The summed E-state index contributed by atoms with van der Waals surface area (Å²) in [5, 5.41) is 12.2. The Balaban J connectivity index is 0.844. The Labute approximate surface area is 450 Å². The number of benzene rings is 13. The van der Waals surface area contributed by atoms with Crippen LogP contribution in [0.25, 0.3) is 126 Å². The molecule has 0 saturated carbocycles. The van der Waals surface area contributed by atoms with Gasteiger partial charge in [0.15, 0.2) is 0 Å². The quantitative estimate of drug-likeness (QED) is 0.148. The molecule has 0 radical (unpaired) electrons. The molecule has 4 nitrogen and oxygen atoms in total. The molecule has 0 atom stereocenters. The lowest BCUT2D eigenvalue weighted by Crippen LogP contribution is -2.12. The number of nitrogens with zero attached hydrogens (tertiary/aromatic N) is 4. The van der Waals surface area contributed by atoms with Gasteiger partial charge in [-0.2, -0.15) is 0 Å². The SMILES string of the molecule is c1ccc(-n2c3ccccc3c3ccc(-c4ccc(-c5ccc(N(c6ccc(-n7c8ccccc8c8ccccc87)c7ccccc67)c6ccc(-n7c8ccccc8c8ccccc87)c7ccccc67)cc5)cc4)cc32)cc1. The van der Waals surface area contributed by atoms with Gasteiger partial charge >= 0.3 is 0 Å². The van der Waals surface area contributed by atoms with Crippen molar-refractivity contribution in [1.29, 1.82) is 0 Å². The lowest BCUT2D eigenvalue weighted by molar-refractivity contribution is 1.18. The summed E-state index contributed by atoms with van der Waals surface area (Å²) in [7, 11) is 0. The normalized spacial score (nSPS) is 11.8. The lowest BCUT2D eigenvalue weighted by Gasteiger charge is -2.29. The van der Waals surface area contributed by atoms with Gasteiger partial charge in [0, 0.05) is 65.2 Å². The first-order valence-electron chi connectivity index (χ1n) is 26.8. The van der Waals surface area contributed by atoms with Crippen molar-refractivity contribution >= 4 is 104 Å². The second-order valence-electron chi connectivity index (χ2n) is 20.4. The zero-order chi connectivity index (χ0) is 51.3. The van der Waals surface area contributed by atoms with Crippen LogP contribution in [0.4, 0.5) is 17.1 Å². The van der Waals surface area contributed by atoms with Gasteiger partial charge in [0.05, 0.1) is 55.8 Å². The average Bonchev–Trinajstić information content (AvgIpc) is 4.30.